The minimum absolute atomic E-state index is 0.0301. The molecule has 0 fully saturated rings. The lowest BCUT2D eigenvalue weighted by Crippen LogP contribution is -2.29. The third-order valence-electron chi connectivity index (χ3n) is 8.16. The van der Waals surface area contributed by atoms with E-state index in [4.69, 9.17) is 24.3 Å². The largest absolute Gasteiger partial charge is 0.472 e. The molecule has 0 aliphatic heterocycles. The predicted molar refractivity (Wildman–Crippen MR) is 211 cm³/mol. The molecule has 0 heterocycles. The fourth-order valence-electron chi connectivity index (χ4n) is 5.11. The van der Waals surface area contributed by atoms with Crippen LogP contribution in [0.25, 0.3) is 0 Å². The Bertz CT molecular complexity index is 1060. The minimum Gasteiger partial charge on any atom is -0.462 e. The smallest absolute Gasteiger partial charge is 0.462 e. The third kappa shape index (κ3) is 36.0. The van der Waals surface area contributed by atoms with Crippen LogP contribution < -0.4 is 5.73 Å². The molecule has 52 heavy (non-hydrogen) atoms. The van der Waals surface area contributed by atoms with Crippen LogP contribution in [-0.4, -0.2) is 55.1 Å². The second-order valence-electron chi connectivity index (χ2n) is 13.2. The lowest BCUT2D eigenvalue weighted by Gasteiger charge is -2.19. The molecule has 10 nitrogen and oxygen atoms in total. The SMILES string of the molecule is CCCCC/C=C\C=C\C(=O)CCCCCCCC(=O)O[C@H](COC(=O)CCCCCCC/C=C\C/C=C\CCCCC)COP(=O)(O)OCCN. The monoisotopic (exact) mass is 753 g/mol. The highest BCUT2D eigenvalue weighted by atomic mass is 31.2. The maximum Gasteiger partial charge on any atom is 0.472 e. The summed E-state index contributed by atoms with van der Waals surface area (Å²) in [6, 6.07) is 0. The number of nitrogens with two attached hydrogens (primary N) is 1. The summed E-state index contributed by atoms with van der Waals surface area (Å²) in [5.74, 6) is -0.828. The summed E-state index contributed by atoms with van der Waals surface area (Å²) in [4.78, 5) is 46.8. The van der Waals surface area contributed by atoms with Gasteiger partial charge in [-0.15, -0.1) is 0 Å². The van der Waals surface area contributed by atoms with Crippen molar-refractivity contribution in [2.24, 2.45) is 5.73 Å². The van der Waals surface area contributed by atoms with Gasteiger partial charge >= 0.3 is 19.8 Å². The highest BCUT2D eigenvalue weighted by molar-refractivity contribution is 7.47. The molecule has 0 amide bonds. The highest BCUT2D eigenvalue weighted by Gasteiger charge is 2.26. The molecule has 0 aromatic rings. The first-order valence-corrected chi connectivity index (χ1v) is 21.6. The van der Waals surface area contributed by atoms with Crippen molar-refractivity contribution in [3.8, 4) is 0 Å². The molecule has 300 valence electrons. The van der Waals surface area contributed by atoms with Gasteiger partial charge in [-0.2, -0.15) is 0 Å². The van der Waals surface area contributed by atoms with Crippen LogP contribution in [0.15, 0.2) is 48.6 Å². The summed E-state index contributed by atoms with van der Waals surface area (Å²) < 4.78 is 32.6. The van der Waals surface area contributed by atoms with Crippen LogP contribution >= 0.6 is 7.82 Å². The number of allylic oxidation sites excluding steroid dienone is 8. The van der Waals surface area contributed by atoms with Crippen LogP contribution in [0.1, 0.15) is 162 Å². The van der Waals surface area contributed by atoms with E-state index in [1.165, 1.54) is 44.9 Å². The van der Waals surface area contributed by atoms with Crippen molar-refractivity contribution in [2.75, 3.05) is 26.4 Å². The van der Waals surface area contributed by atoms with Gasteiger partial charge in [-0.25, -0.2) is 4.57 Å². The van der Waals surface area contributed by atoms with Gasteiger partial charge in [0.2, 0.25) is 0 Å². The molecular formula is C41H72NO9P. The molecule has 2 atom stereocenters. The fourth-order valence-corrected chi connectivity index (χ4v) is 5.88. The number of hydrogen-bond donors (Lipinski definition) is 2. The summed E-state index contributed by atoms with van der Waals surface area (Å²) in [6.45, 7) is 3.48. The Morgan fingerprint density at radius 1 is 0.635 bits per heavy atom. The van der Waals surface area contributed by atoms with E-state index in [-0.39, 0.29) is 38.4 Å². The van der Waals surface area contributed by atoms with E-state index in [9.17, 15) is 23.8 Å². The molecule has 0 bridgehead atoms. The summed E-state index contributed by atoms with van der Waals surface area (Å²) in [5, 5.41) is 0. The van der Waals surface area contributed by atoms with Gasteiger partial charge in [0.25, 0.3) is 0 Å². The molecular weight excluding hydrogens is 681 g/mol. The Kier molecular flexibility index (Phi) is 35.3. The molecule has 0 aliphatic carbocycles. The number of esters is 2. The first kappa shape index (κ1) is 49.6. The standard InChI is InChI=1S/C41H72NO9P/c1-3-5-7-9-11-12-13-14-15-16-17-18-20-24-28-32-40(44)48-36-39(37-50-52(46,47)49-35-34-42)51-41(45)33-29-25-21-23-27-31-38(43)30-26-22-19-10-8-6-4-2/h11-12,14-15,19,22,26,30,39H,3-10,13,16-18,20-21,23-25,27-29,31-37,42H2,1-2H3,(H,46,47)/b12-11-,15-14-,22-19-,30-26+/t39-/m1/s1. The molecule has 0 aromatic heterocycles. The molecule has 0 saturated carbocycles. The quantitative estimate of drug-likeness (QED) is 0.0157. The topological polar surface area (TPSA) is 151 Å². The lowest BCUT2D eigenvalue weighted by atomic mass is 10.1. The number of unbranched alkanes of at least 4 members (excludes halogenated alkanes) is 15. The molecule has 1 unspecified atom stereocenters. The van der Waals surface area contributed by atoms with E-state index in [2.05, 4.69) is 44.2 Å². The molecule has 0 aliphatic rings. The second kappa shape index (κ2) is 37.0. The second-order valence-corrected chi connectivity index (χ2v) is 14.6. The fraction of sp³-hybridized carbons (Fsp3) is 0.732. The molecule has 0 aromatic carbocycles. The van der Waals surface area contributed by atoms with Gasteiger partial charge in [0, 0.05) is 25.8 Å². The minimum atomic E-state index is -4.41. The predicted octanol–water partition coefficient (Wildman–Crippen LogP) is 10.3. The number of ether oxygens (including phenoxy) is 2. The number of hydrogen-bond acceptors (Lipinski definition) is 9. The molecule has 3 N–H and O–H groups in total. The molecule has 0 spiro atoms. The van der Waals surface area contributed by atoms with Crippen LogP contribution in [0.2, 0.25) is 0 Å². The van der Waals surface area contributed by atoms with Gasteiger partial charge in [0.15, 0.2) is 11.9 Å². The average molecular weight is 754 g/mol. The van der Waals surface area contributed by atoms with Gasteiger partial charge in [-0.05, 0) is 70.3 Å². The molecule has 0 rings (SSSR count). The van der Waals surface area contributed by atoms with Crippen molar-refractivity contribution < 1.29 is 42.4 Å². The van der Waals surface area contributed by atoms with Crippen molar-refractivity contribution in [1.29, 1.82) is 0 Å². The van der Waals surface area contributed by atoms with Crippen molar-refractivity contribution in [1.82, 2.24) is 0 Å². The summed E-state index contributed by atoms with van der Waals surface area (Å²) in [6.07, 6.45) is 36.7. The van der Waals surface area contributed by atoms with E-state index >= 15 is 0 Å². The van der Waals surface area contributed by atoms with Crippen molar-refractivity contribution in [3.05, 3.63) is 48.6 Å². The van der Waals surface area contributed by atoms with Crippen LogP contribution in [-0.2, 0) is 37.5 Å². The maximum absolute atomic E-state index is 12.5. The average Bonchev–Trinajstić information content (AvgIpc) is 3.12. The Balaban J connectivity index is 4.32. The van der Waals surface area contributed by atoms with Crippen LogP contribution in [0, 0.1) is 0 Å². The van der Waals surface area contributed by atoms with Crippen molar-refractivity contribution in [3.63, 3.8) is 0 Å². The number of carbonyl (C=O) groups excluding carboxylic acids is 3. The lowest BCUT2D eigenvalue weighted by molar-refractivity contribution is -0.161. The number of phosphoric acid groups is 1. The van der Waals surface area contributed by atoms with Crippen LogP contribution in [0.5, 0.6) is 0 Å². The highest BCUT2D eigenvalue weighted by Crippen LogP contribution is 2.43. The summed E-state index contributed by atoms with van der Waals surface area (Å²) in [5.41, 5.74) is 5.33. The first-order valence-electron chi connectivity index (χ1n) is 20.1. The van der Waals surface area contributed by atoms with Crippen LogP contribution in [0.4, 0.5) is 0 Å². The molecule has 0 saturated heterocycles. The van der Waals surface area contributed by atoms with E-state index in [0.717, 1.165) is 70.6 Å². The first-order chi connectivity index (χ1) is 25.2. The van der Waals surface area contributed by atoms with Gasteiger partial charge in [-0.1, -0.05) is 121 Å². The van der Waals surface area contributed by atoms with Gasteiger partial charge < -0.3 is 20.1 Å². The molecule has 11 heteroatoms. The van der Waals surface area contributed by atoms with E-state index in [1.54, 1.807) is 6.08 Å². The van der Waals surface area contributed by atoms with E-state index < -0.39 is 32.5 Å². The van der Waals surface area contributed by atoms with E-state index in [1.807, 2.05) is 12.2 Å². The Hall–Kier alpha value is -2.36. The third-order valence-corrected chi connectivity index (χ3v) is 9.15. The number of ketones is 1. The Labute approximate surface area is 315 Å². The summed E-state index contributed by atoms with van der Waals surface area (Å²) in [7, 11) is -4.41. The Morgan fingerprint density at radius 2 is 1.17 bits per heavy atom. The number of carbonyl (C=O) groups is 3. The Morgan fingerprint density at radius 3 is 1.79 bits per heavy atom. The van der Waals surface area contributed by atoms with Crippen molar-refractivity contribution in [2.45, 2.75) is 168 Å². The number of phosphoric ester groups is 1. The van der Waals surface area contributed by atoms with Gasteiger partial charge in [0.05, 0.1) is 13.2 Å². The van der Waals surface area contributed by atoms with Gasteiger partial charge in [0.1, 0.15) is 6.61 Å². The zero-order valence-corrected chi connectivity index (χ0v) is 33.4. The molecule has 0 radical (unpaired) electrons. The summed E-state index contributed by atoms with van der Waals surface area (Å²) >= 11 is 0. The van der Waals surface area contributed by atoms with Crippen molar-refractivity contribution >= 4 is 25.5 Å². The van der Waals surface area contributed by atoms with Gasteiger partial charge in [-0.3, -0.25) is 23.4 Å². The zero-order chi connectivity index (χ0) is 38.4. The maximum atomic E-state index is 12.5. The van der Waals surface area contributed by atoms with Crippen LogP contribution in [0.3, 0.4) is 0 Å². The zero-order valence-electron chi connectivity index (χ0n) is 32.5. The normalized spacial score (nSPS) is 13.8. The van der Waals surface area contributed by atoms with E-state index in [0.29, 0.717) is 19.3 Å². The number of rotatable bonds is 37.